The number of para-hydroxylation sites is 1. The number of hydrogen-bond acceptors (Lipinski definition) is 4. The van der Waals surface area contributed by atoms with Crippen LogP contribution in [0.4, 0.5) is 5.69 Å². The van der Waals surface area contributed by atoms with E-state index in [9.17, 15) is 9.90 Å². The van der Waals surface area contributed by atoms with Crippen molar-refractivity contribution in [3.8, 4) is 11.5 Å². The summed E-state index contributed by atoms with van der Waals surface area (Å²) in [7, 11) is 0. The summed E-state index contributed by atoms with van der Waals surface area (Å²) in [6.07, 6.45) is 2.50. The van der Waals surface area contributed by atoms with E-state index in [1.807, 2.05) is 38.1 Å². The zero-order valence-corrected chi connectivity index (χ0v) is 15.5. The number of aryl methyl sites for hydroxylation is 1. The lowest BCUT2D eigenvalue weighted by atomic mass is 10.1. The number of amides is 1. The van der Waals surface area contributed by atoms with E-state index in [2.05, 4.69) is 5.32 Å². The molecule has 26 heavy (non-hydrogen) atoms. The van der Waals surface area contributed by atoms with Crippen LogP contribution in [0.3, 0.4) is 0 Å². The van der Waals surface area contributed by atoms with E-state index in [4.69, 9.17) is 17.0 Å². The maximum atomic E-state index is 12.9. The Bertz CT molecular complexity index is 892. The van der Waals surface area contributed by atoms with E-state index in [-0.39, 0.29) is 11.7 Å². The minimum absolute atomic E-state index is 0.0636. The third-order valence-corrected chi connectivity index (χ3v) is 4.37. The summed E-state index contributed by atoms with van der Waals surface area (Å²) < 4.78 is 5.39. The van der Waals surface area contributed by atoms with E-state index in [0.717, 1.165) is 23.2 Å². The molecule has 2 aromatic rings. The van der Waals surface area contributed by atoms with Gasteiger partial charge in [-0.1, -0.05) is 31.2 Å². The Balaban J connectivity index is 1.94. The summed E-state index contributed by atoms with van der Waals surface area (Å²) in [5, 5.41) is 13.1. The summed E-state index contributed by atoms with van der Waals surface area (Å²) in [6, 6.07) is 12.7. The number of carbonyl (C=O) groups excluding carboxylic acids is 1. The van der Waals surface area contributed by atoms with Gasteiger partial charge in [0.05, 0.1) is 12.3 Å². The van der Waals surface area contributed by atoms with Crippen LogP contribution in [-0.2, 0) is 11.2 Å². The molecule has 6 heteroatoms. The molecule has 134 valence electrons. The van der Waals surface area contributed by atoms with Gasteiger partial charge in [0.2, 0.25) is 0 Å². The molecule has 0 saturated carbocycles. The molecule has 0 aliphatic carbocycles. The van der Waals surface area contributed by atoms with Crippen LogP contribution in [-0.4, -0.2) is 22.7 Å². The highest BCUT2D eigenvalue weighted by Gasteiger charge is 2.32. The van der Waals surface area contributed by atoms with Gasteiger partial charge in [-0.3, -0.25) is 9.69 Å². The van der Waals surface area contributed by atoms with Crippen LogP contribution in [0.5, 0.6) is 11.5 Å². The Morgan fingerprint density at radius 1 is 1.23 bits per heavy atom. The lowest BCUT2D eigenvalue weighted by molar-refractivity contribution is -0.113. The first-order valence-electron chi connectivity index (χ1n) is 8.46. The quantitative estimate of drug-likeness (QED) is 0.624. The fourth-order valence-corrected chi connectivity index (χ4v) is 3.13. The minimum atomic E-state index is -0.207. The van der Waals surface area contributed by atoms with Gasteiger partial charge in [-0.25, -0.2) is 0 Å². The van der Waals surface area contributed by atoms with Crippen molar-refractivity contribution in [2.75, 3.05) is 11.5 Å². The lowest BCUT2D eigenvalue weighted by Gasteiger charge is -2.17. The molecule has 3 rings (SSSR count). The predicted octanol–water partition coefficient (Wildman–Crippen LogP) is 3.62. The van der Waals surface area contributed by atoms with E-state index in [1.165, 1.54) is 4.90 Å². The van der Waals surface area contributed by atoms with Gasteiger partial charge in [-0.2, -0.15) is 0 Å². The van der Waals surface area contributed by atoms with E-state index in [0.29, 0.717) is 23.2 Å². The average molecular weight is 368 g/mol. The van der Waals surface area contributed by atoms with Crippen molar-refractivity contribution >= 4 is 35.0 Å². The fraction of sp³-hybridized carbons (Fsp3) is 0.200. The van der Waals surface area contributed by atoms with Gasteiger partial charge in [-0.15, -0.1) is 0 Å². The number of rotatable bonds is 5. The molecule has 5 nitrogen and oxygen atoms in total. The maximum Gasteiger partial charge on any atom is 0.281 e. The maximum absolute atomic E-state index is 12.9. The topological polar surface area (TPSA) is 61.8 Å². The largest absolute Gasteiger partial charge is 0.504 e. The summed E-state index contributed by atoms with van der Waals surface area (Å²) in [5.41, 5.74) is 2.96. The number of phenols is 1. The average Bonchev–Trinajstić information content (AvgIpc) is 2.91. The molecule has 1 amide bonds. The Kier molecular flexibility index (Phi) is 5.23. The minimum Gasteiger partial charge on any atom is -0.504 e. The van der Waals surface area contributed by atoms with Crippen LogP contribution in [0.25, 0.3) is 6.08 Å². The summed E-state index contributed by atoms with van der Waals surface area (Å²) in [5.74, 6) is 0.235. The van der Waals surface area contributed by atoms with Gasteiger partial charge in [0.25, 0.3) is 5.91 Å². The van der Waals surface area contributed by atoms with Crippen LogP contribution >= 0.6 is 12.2 Å². The number of thiocarbonyl (C=S) groups is 1. The highest BCUT2D eigenvalue weighted by Crippen LogP contribution is 2.29. The SMILES string of the molecule is CCOc1cc(C=C2NC(=S)N(c3ccccc3CC)C2=O)ccc1O. The van der Waals surface area contributed by atoms with Crippen LogP contribution in [0, 0.1) is 0 Å². The number of hydrogen-bond donors (Lipinski definition) is 2. The Morgan fingerprint density at radius 2 is 2.00 bits per heavy atom. The highest BCUT2D eigenvalue weighted by molar-refractivity contribution is 7.80. The van der Waals surface area contributed by atoms with Crippen LogP contribution in [0.1, 0.15) is 25.0 Å². The standard InChI is InChI=1S/C20H20N2O3S/c1-3-14-7-5-6-8-16(14)22-19(24)15(21-20(22)26)11-13-9-10-17(23)18(12-13)25-4-2/h5-12,23H,3-4H2,1-2H3,(H,21,26). The second kappa shape index (κ2) is 7.58. The van der Waals surface area contributed by atoms with Crippen molar-refractivity contribution in [3.05, 3.63) is 59.3 Å². The van der Waals surface area contributed by atoms with E-state index >= 15 is 0 Å². The smallest absolute Gasteiger partial charge is 0.281 e. The normalized spacial score (nSPS) is 15.5. The van der Waals surface area contributed by atoms with Gasteiger partial charge < -0.3 is 15.2 Å². The lowest BCUT2D eigenvalue weighted by Crippen LogP contribution is -2.31. The number of anilines is 1. The number of nitrogens with zero attached hydrogens (tertiary/aromatic N) is 1. The Hall–Kier alpha value is -2.86. The first-order chi connectivity index (χ1) is 12.5. The summed E-state index contributed by atoms with van der Waals surface area (Å²) in [4.78, 5) is 14.4. The Morgan fingerprint density at radius 3 is 2.73 bits per heavy atom. The molecule has 1 aliphatic rings. The first kappa shape index (κ1) is 17.9. The number of carbonyl (C=O) groups is 1. The zero-order valence-electron chi connectivity index (χ0n) is 14.7. The van der Waals surface area contributed by atoms with Crippen molar-refractivity contribution in [2.24, 2.45) is 0 Å². The zero-order chi connectivity index (χ0) is 18.7. The summed E-state index contributed by atoms with van der Waals surface area (Å²) >= 11 is 5.38. The molecule has 0 atom stereocenters. The number of aromatic hydroxyl groups is 1. The van der Waals surface area contributed by atoms with Crippen LogP contribution in [0.15, 0.2) is 48.2 Å². The molecule has 2 aromatic carbocycles. The molecule has 0 unspecified atom stereocenters. The predicted molar refractivity (Wildman–Crippen MR) is 106 cm³/mol. The third-order valence-electron chi connectivity index (χ3n) is 4.09. The molecule has 0 spiro atoms. The van der Waals surface area contributed by atoms with Crippen molar-refractivity contribution in [3.63, 3.8) is 0 Å². The number of nitrogens with one attached hydrogen (secondary N) is 1. The molecular formula is C20H20N2O3S. The number of ether oxygens (including phenoxy) is 1. The van der Waals surface area contributed by atoms with Crippen LogP contribution in [0.2, 0.25) is 0 Å². The van der Waals surface area contributed by atoms with Gasteiger partial charge in [0, 0.05) is 0 Å². The molecule has 1 saturated heterocycles. The number of phenolic OH excluding ortho intramolecular Hbond substituents is 1. The van der Waals surface area contributed by atoms with Crippen molar-refractivity contribution < 1.29 is 14.6 Å². The van der Waals surface area contributed by atoms with Gasteiger partial charge in [0.1, 0.15) is 5.70 Å². The van der Waals surface area contributed by atoms with Gasteiger partial charge in [0.15, 0.2) is 16.6 Å². The van der Waals surface area contributed by atoms with E-state index < -0.39 is 0 Å². The highest BCUT2D eigenvalue weighted by atomic mass is 32.1. The molecule has 1 heterocycles. The molecular weight excluding hydrogens is 348 g/mol. The molecule has 0 radical (unpaired) electrons. The summed E-state index contributed by atoms with van der Waals surface area (Å²) in [6.45, 7) is 4.32. The molecule has 1 fully saturated rings. The van der Waals surface area contributed by atoms with E-state index in [1.54, 1.807) is 24.3 Å². The first-order valence-corrected chi connectivity index (χ1v) is 8.86. The third kappa shape index (κ3) is 3.41. The number of benzene rings is 2. The molecule has 0 aromatic heterocycles. The van der Waals surface area contributed by atoms with Gasteiger partial charge in [-0.05, 0) is 61.0 Å². The molecule has 1 aliphatic heterocycles. The Labute approximate surface area is 157 Å². The van der Waals surface area contributed by atoms with Crippen molar-refractivity contribution in [1.82, 2.24) is 5.32 Å². The second-order valence-corrected chi connectivity index (χ2v) is 6.16. The second-order valence-electron chi connectivity index (χ2n) is 5.77. The fourth-order valence-electron chi connectivity index (χ4n) is 2.84. The van der Waals surface area contributed by atoms with Crippen molar-refractivity contribution in [2.45, 2.75) is 20.3 Å². The van der Waals surface area contributed by atoms with Crippen LogP contribution < -0.4 is 15.0 Å². The van der Waals surface area contributed by atoms with Gasteiger partial charge >= 0.3 is 0 Å². The molecule has 0 bridgehead atoms. The van der Waals surface area contributed by atoms with Crippen molar-refractivity contribution in [1.29, 1.82) is 0 Å². The monoisotopic (exact) mass is 368 g/mol. The molecule has 2 N–H and O–H groups in total.